The highest BCUT2D eigenvalue weighted by Gasteiger charge is 2.34. The summed E-state index contributed by atoms with van der Waals surface area (Å²) in [4.78, 5) is 0. The van der Waals surface area contributed by atoms with Crippen LogP contribution < -0.4 is 0 Å². The van der Waals surface area contributed by atoms with Crippen LogP contribution in [0.5, 0.6) is 0 Å². The molecule has 0 saturated carbocycles. The Morgan fingerprint density at radius 2 is 1.18 bits per heavy atom. The van der Waals surface area contributed by atoms with Gasteiger partial charge in [0.15, 0.2) is 0 Å². The molecule has 0 bridgehead atoms. The molecule has 1 aromatic carbocycles. The predicted molar refractivity (Wildman–Crippen MR) is 93.6 cm³/mol. The minimum Gasteiger partial charge on any atom is -0.210 e. The largest absolute Gasteiger partial charge is 0.210 e. The molecule has 1 unspecified atom stereocenters. The van der Waals surface area contributed by atoms with E-state index in [1.807, 2.05) is 0 Å². The second-order valence-electron chi connectivity index (χ2n) is 6.36. The Hall–Kier alpha value is -2.21. The lowest BCUT2D eigenvalue weighted by Crippen LogP contribution is -2.28. The fraction of sp³-hybridized carbons (Fsp3) is 0.227. The smallest absolute Gasteiger partial charge is 0.00144 e. The van der Waals surface area contributed by atoms with Gasteiger partial charge in [0.25, 0.3) is 0 Å². The molecule has 0 aliphatic heterocycles. The van der Waals surface area contributed by atoms with Crippen molar-refractivity contribution >= 4 is 0 Å². The van der Waals surface area contributed by atoms with Crippen molar-refractivity contribution < 1.29 is 0 Å². The summed E-state index contributed by atoms with van der Waals surface area (Å²) in [6.45, 7) is 0. The number of hydrogen-bond acceptors (Lipinski definition) is 0. The maximum absolute atomic E-state index is 2.36. The molecule has 0 heteroatoms. The van der Waals surface area contributed by atoms with Gasteiger partial charge in [-0.05, 0) is 23.7 Å². The van der Waals surface area contributed by atoms with Crippen molar-refractivity contribution in [3.63, 3.8) is 0 Å². The zero-order valence-electron chi connectivity index (χ0n) is 12.6. The van der Waals surface area contributed by atoms with Crippen LogP contribution in [-0.2, 0) is 0 Å². The third kappa shape index (κ3) is 2.39. The van der Waals surface area contributed by atoms with E-state index < -0.39 is 0 Å². The molecule has 0 nitrogen and oxygen atoms in total. The van der Waals surface area contributed by atoms with Crippen LogP contribution in [-0.4, -0.2) is 0 Å². The minimum atomic E-state index is 0.497. The van der Waals surface area contributed by atoms with Crippen molar-refractivity contribution in [2.24, 2.45) is 23.7 Å². The van der Waals surface area contributed by atoms with E-state index in [1.54, 1.807) is 0 Å². The summed E-state index contributed by atoms with van der Waals surface area (Å²) in [5.41, 5.74) is 1.47. The first kappa shape index (κ1) is 13.5. The Morgan fingerprint density at radius 3 is 1.64 bits per heavy atom. The first-order valence-corrected chi connectivity index (χ1v) is 8.20. The van der Waals surface area contributed by atoms with Crippen LogP contribution in [0.3, 0.4) is 0 Å². The quantitative estimate of drug-likeness (QED) is 0.641. The van der Waals surface area contributed by atoms with Gasteiger partial charge < -0.3 is 0 Å². The number of hydrogen-bond donors (Lipinski definition) is 0. The minimum absolute atomic E-state index is 0.497. The van der Waals surface area contributed by atoms with E-state index in [-0.39, 0.29) is 0 Å². The Morgan fingerprint density at radius 1 is 0.682 bits per heavy atom. The lowest BCUT2D eigenvalue weighted by molar-refractivity contribution is 0.296. The molecule has 0 saturated heterocycles. The first-order valence-electron chi connectivity index (χ1n) is 8.20. The normalized spacial score (nSPS) is 22.0. The molecule has 0 fully saturated rings. The maximum atomic E-state index is 2.36. The molecule has 3 aliphatic carbocycles. The van der Waals surface area contributed by atoms with Crippen LogP contribution >= 0.6 is 0 Å². The molecule has 3 aliphatic rings. The summed E-state index contributed by atoms with van der Waals surface area (Å²) in [5.74, 6) is 2.60. The van der Waals surface area contributed by atoms with Crippen molar-refractivity contribution in [2.45, 2.75) is 5.92 Å². The van der Waals surface area contributed by atoms with Gasteiger partial charge in [0, 0.05) is 0 Å². The first-order chi connectivity index (χ1) is 10.9. The van der Waals surface area contributed by atoms with Crippen LogP contribution in [0, 0.1) is 23.7 Å². The molecule has 4 rings (SSSR count). The summed E-state index contributed by atoms with van der Waals surface area (Å²) in [6.07, 6.45) is 27.3. The van der Waals surface area contributed by atoms with Crippen LogP contribution in [0.1, 0.15) is 11.5 Å². The highest BCUT2D eigenvalue weighted by atomic mass is 14.4. The topological polar surface area (TPSA) is 0 Å². The molecule has 0 aromatic heterocycles. The monoisotopic (exact) mass is 285 g/mol. The number of allylic oxidation sites excluding steroid dienone is 12. The fourth-order valence-corrected chi connectivity index (χ4v) is 4.15. The molecule has 1 aromatic rings. The molecular formula is C22H21-. The molecule has 0 radical (unpaired) electrons. The van der Waals surface area contributed by atoms with Gasteiger partial charge >= 0.3 is 0 Å². The van der Waals surface area contributed by atoms with E-state index in [9.17, 15) is 0 Å². The summed E-state index contributed by atoms with van der Waals surface area (Å²) >= 11 is 0. The molecular weight excluding hydrogens is 264 g/mol. The molecule has 0 spiro atoms. The van der Waals surface area contributed by atoms with Crippen molar-refractivity contribution in [3.8, 4) is 0 Å². The Bertz CT molecular complexity index is 612. The van der Waals surface area contributed by atoms with E-state index in [0.29, 0.717) is 29.6 Å². The summed E-state index contributed by atoms with van der Waals surface area (Å²) in [5, 5.41) is 0. The van der Waals surface area contributed by atoms with Gasteiger partial charge in [-0.2, -0.15) is 23.8 Å². The third-order valence-electron chi connectivity index (χ3n) is 5.12. The SMILES string of the molecule is C1=CC(C(c2cc[cH-]c2)C(C2C=CC=C2)C2C=CC=C2)C=C1. The Kier molecular flexibility index (Phi) is 3.60. The van der Waals surface area contributed by atoms with Gasteiger partial charge in [-0.3, -0.25) is 0 Å². The van der Waals surface area contributed by atoms with E-state index in [4.69, 9.17) is 0 Å². The zero-order chi connectivity index (χ0) is 14.8. The lowest BCUT2D eigenvalue weighted by atomic mass is 9.67. The van der Waals surface area contributed by atoms with Crippen LogP contribution in [0.15, 0.2) is 97.2 Å². The zero-order valence-corrected chi connectivity index (χ0v) is 12.6. The Labute approximate surface area is 132 Å². The van der Waals surface area contributed by atoms with Crippen molar-refractivity contribution in [1.29, 1.82) is 0 Å². The molecule has 22 heavy (non-hydrogen) atoms. The molecule has 0 N–H and O–H groups in total. The second-order valence-corrected chi connectivity index (χ2v) is 6.36. The highest BCUT2D eigenvalue weighted by Crippen LogP contribution is 2.46. The highest BCUT2D eigenvalue weighted by molar-refractivity contribution is 5.35. The summed E-state index contributed by atoms with van der Waals surface area (Å²) in [6, 6.07) is 8.93. The Balaban J connectivity index is 1.76. The van der Waals surface area contributed by atoms with Crippen molar-refractivity contribution in [1.82, 2.24) is 0 Å². The number of rotatable bonds is 5. The van der Waals surface area contributed by atoms with Gasteiger partial charge in [0.1, 0.15) is 0 Å². The summed E-state index contributed by atoms with van der Waals surface area (Å²) < 4.78 is 0. The van der Waals surface area contributed by atoms with Crippen LogP contribution in [0.25, 0.3) is 0 Å². The van der Waals surface area contributed by atoms with Crippen molar-refractivity contribution in [2.75, 3.05) is 0 Å². The average Bonchev–Trinajstić information content (AvgIpc) is 3.35. The van der Waals surface area contributed by atoms with Gasteiger partial charge in [-0.15, -0.1) is 0 Å². The molecule has 1 atom stereocenters. The molecule has 0 amide bonds. The van der Waals surface area contributed by atoms with Crippen LogP contribution in [0.4, 0.5) is 0 Å². The maximum Gasteiger partial charge on any atom is -0.00144 e. The third-order valence-corrected chi connectivity index (χ3v) is 5.12. The van der Waals surface area contributed by atoms with Crippen LogP contribution in [0.2, 0.25) is 0 Å². The van der Waals surface area contributed by atoms with Gasteiger partial charge in [-0.1, -0.05) is 78.8 Å². The average molecular weight is 285 g/mol. The lowest BCUT2D eigenvalue weighted by Gasteiger charge is -2.39. The van der Waals surface area contributed by atoms with Crippen molar-refractivity contribution in [3.05, 3.63) is 103 Å². The summed E-state index contributed by atoms with van der Waals surface area (Å²) in [7, 11) is 0. The van der Waals surface area contributed by atoms with E-state index in [2.05, 4.69) is 97.2 Å². The predicted octanol–water partition coefficient (Wildman–Crippen LogP) is 5.33. The molecule has 0 heterocycles. The van der Waals surface area contributed by atoms with E-state index in [0.717, 1.165) is 0 Å². The van der Waals surface area contributed by atoms with E-state index >= 15 is 0 Å². The van der Waals surface area contributed by atoms with Gasteiger partial charge in [0.05, 0.1) is 0 Å². The van der Waals surface area contributed by atoms with Gasteiger partial charge in [0.2, 0.25) is 0 Å². The molecule has 110 valence electrons. The van der Waals surface area contributed by atoms with E-state index in [1.165, 1.54) is 5.56 Å². The second kappa shape index (κ2) is 5.88. The fourth-order valence-electron chi connectivity index (χ4n) is 4.15. The standard InChI is InChI=1S/C22H21/c1-2-10-17(9-1)21(18-11-3-4-12-18)22(19-13-5-6-14-19)20-15-7-8-16-20/h1-19,21-22H/q-1. The van der Waals surface area contributed by atoms with Gasteiger partial charge in [-0.25, -0.2) is 6.07 Å².